The molecule has 10 heteroatoms. The summed E-state index contributed by atoms with van der Waals surface area (Å²) in [6.45, 7) is 1.64. The Balaban J connectivity index is 1.05. The second-order valence-electron chi connectivity index (χ2n) is 12.1. The Bertz CT molecular complexity index is 1660. The number of rotatable bonds is 7. The van der Waals surface area contributed by atoms with Gasteiger partial charge >= 0.3 is 5.97 Å². The van der Waals surface area contributed by atoms with Crippen molar-refractivity contribution in [2.24, 2.45) is 5.92 Å². The Morgan fingerprint density at radius 1 is 0.778 bits per heavy atom. The molecule has 0 radical (unpaired) electrons. The quantitative estimate of drug-likeness (QED) is 0.161. The molecule has 4 nitrogen and oxygen atoms in total. The zero-order valence-corrected chi connectivity index (χ0v) is 24.5. The highest BCUT2D eigenvalue weighted by Crippen LogP contribution is 2.41. The van der Waals surface area contributed by atoms with Gasteiger partial charge in [-0.15, -0.1) is 0 Å². The van der Waals surface area contributed by atoms with E-state index in [1.54, 1.807) is 6.08 Å². The zero-order valence-electron chi connectivity index (χ0n) is 24.5. The molecule has 0 aromatic heterocycles. The fraction of sp³-hybridized carbons (Fsp3) is 0.400. The molecule has 6 rings (SSSR count). The Hall–Kier alpha value is -3.63. The van der Waals surface area contributed by atoms with Gasteiger partial charge < -0.3 is 14.6 Å². The van der Waals surface area contributed by atoms with Gasteiger partial charge in [0, 0.05) is 27.8 Å². The summed E-state index contributed by atoms with van der Waals surface area (Å²) in [4.78, 5) is 12.9. The van der Waals surface area contributed by atoms with Crippen molar-refractivity contribution in [3.05, 3.63) is 99.6 Å². The Morgan fingerprint density at radius 3 is 1.93 bits per heavy atom. The minimum atomic E-state index is -1.26. The standard InChI is InChI=1S/C35H32F6O4/c1-17(42)22-10-11-23(30(37)29(22)36)18-2-4-20(5-3-18)35(43)45-21-8-6-19(7-9-21)24-12-13-25(32(39)31(24)38)26-14-15-27(28-16-44-28)34(41)33(26)40/h2,10-15,17,19-21,28,42H,3-9,16H2,1H3. The number of allylic oxidation sites excluding steroid dienone is 2. The van der Waals surface area contributed by atoms with E-state index in [2.05, 4.69) is 0 Å². The van der Waals surface area contributed by atoms with E-state index in [0.717, 1.165) is 0 Å². The number of ether oxygens (including phenoxy) is 2. The molecule has 0 spiro atoms. The lowest BCUT2D eigenvalue weighted by Crippen LogP contribution is -2.28. The summed E-state index contributed by atoms with van der Waals surface area (Å²) < 4.78 is 99.4. The Kier molecular flexibility index (Phi) is 8.81. The first-order chi connectivity index (χ1) is 21.5. The van der Waals surface area contributed by atoms with Crippen LogP contribution in [0.5, 0.6) is 0 Å². The molecule has 1 aliphatic heterocycles. The summed E-state index contributed by atoms with van der Waals surface area (Å²) >= 11 is 0. The topological polar surface area (TPSA) is 59.1 Å². The summed E-state index contributed by atoms with van der Waals surface area (Å²) in [6, 6.07) is 8.00. The van der Waals surface area contributed by atoms with Crippen LogP contribution in [0.3, 0.4) is 0 Å². The molecule has 3 aromatic rings. The van der Waals surface area contributed by atoms with Crippen LogP contribution in [0.4, 0.5) is 26.3 Å². The van der Waals surface area contributed by atoms with Crippen LogP contribution in [0, 0.1) is 40.8 Å². The predicted molar refractivity (Wildman–Crippen MR) is 154 cm³/mol. The molecule has 1 heterocycles. The smallest absolute Gasteiger partial charge is 0.309 e. The average molecular weight is 631 g/mol. The fourth-order valence-corrected chi connectivity index (χ4v) is 6.52. The number of esters is 1. The number of aliphatic hydroxyl groups excluding tert-OH is 1. The summed E-state index contributed by atoms with van der Waals surface area (Å²) in [6.07, 6.45) is 2.48. The lowest BCUT2D eigenvalue weighted by molar-refractivity contribution is -0.156. The van der Waals surface area contributed by atoms with Crippen molar-refractivity contribution in [1.29, 1.82) is 0 Å². The van der Waals surface area contributed by atoms with Crippen LogP contribution >= 0.6 is 0 Å². The van der Waals surface area contributed by atoms with Crippen molar-refractivity contribution in [2.75, 3.05) is 6.61 Å². The second-order valence-corrected chi connectivity index (χ2v) is 12.1. The molecule has 1 saturated carbocycles. The molecule has 1 N–H and O–H groups in total. The summed E-state index contributed by atoms with van der Waals surface area (Å²) in [5, 5.41) is 9.61. The van der Waals surface area contributed by atoms with E-state index < -0.39 is 59.1 Å². The number of halogens is 6. The highest BCUT2D eigenvalue weighted by atomic mass is 19.2. The van der Waals surface area contributed by atoms with Gasteiger partial charge in [-0.1, -0.05) is 42.5 Å². The van der Waals surface area contributed by atoms with Gasteiger partial charge in [-0.05, 0) is 68.9 Å². The normalized spacial score (nSPS) is 23.8. The number of benzene rings is 3. The van der Waals surface area contributed by atoms with Crippen LogP contribution in [0.2, 0.25) is 0 Å². The maximum Gasteiger partial charge on any atom is 0.309 e. The lowest BCUT2D eigenvalue weighted by Gasteiger charge is -2.30. The minimum Gasteiger partial charge on any atom is -0.462 e. The molecule has 3 aromatic carbocycles. The number of carbonyl (C=O) groups is 1. The average Bonchev–Trinajstić information content (AvgIpc) is 3.87. The van der Waals surface area contributed by atoms with Gasteiger partial charge in [0.1, 0.15) is 12.2 Å². The molecular weight excluding hydrogens is 598 g/mol. The van der Waals surface area contributed by atoms with Crippen molar-refractivity contribution in [2.45, 2.75) is 76.1 Å². The van der Waals surface area contributed by atoms with Gasteiger partial charge in [0.2, 0.25) is 0 Å². The summed E-state index contributed by atoms with van der Waals surface area (Å²) in [5.41, 5.74) is 0.0254. The molecular formula is C35H32F6O4. The van der Waals surface area contributed by atoms with Crippen molar-refractivity contribution in [3.8, 4) is 11.1 Å². The van der Waals surface area contributed by atoms with Crippen LogP contribution in [0.1, 0.15) is 92.2 Å². The second kappa shape index (κ2) is 12.6. The molecule has 2 fully saturated rings. The van der Waals surface area contributed by atoms with Gasteiger partial charge in [-0.3, -0.25) is 4.79 Å². The monoisotopic (exact) mass is 630 g/mol. The van der Waals surface area contributed by atoms with E-state index >= 15 is 8.78 Å². The SMILES string of the molecule is CC(O)c1ccc(C2=CCC(C(=O)OC3CCC(c4ccc(-c5ccc(C6CO6)c(F)c5F)c(F)c4F)CC3)CC2)c(F)c1F. The highest BCUT2D eigenvalue weighted by molar-refractivity contribution is 5.76. The maximum atomic E-state index is 15.2. The molecule has 3 aliphatic rings. The third-order valence-electron chi connectivity index (χ3n) is 9.24. The molecule has 1 saturated heterocycles. The summed E-state index contributed by atoms with van der Waals surface area (Å²) in [7, 11) is 0. The third-order valence-corrected chi connectivity index (χ3v) is 9.24. The van der Waals surface area contributed by atoms with Crippen LogP contribution in [-0.2, 0) is 14.3 Å². The van der Waals surface area contributed by atoms with Gasteiger partial charge in [0.05, 0.1) is 18.6 Å². The van der Waals surface area contributed by atoms with Crippen LogP contribution in [0.25, 0.3) is 16.7 Å². The fourth-order valence-electron chi connectivity index (χ4n) is 6.52. The van der Waals surface area contributed by atoms with Crippen LogP contribution < -0.4 is 0 Å². The number of aliphatic hydroxyl groups is 1. The third kappa shape index (κ3) is 6.14. The van der Waals surface area contributed by atoms with Crippen molar-refractivity contribution in [3.63, 3.8) is 0 Å². The van der Waals surface area contributed by atoms with E-state index in [-0.39, 0.29) is 51.9 Å². The number of hydrogen-bond donors (Lipinski definition) is 1. The minimum absolute atomic E-state index is 0.0443. The molecule has 3 atom stereocenters. The Labute approximate surface area is 256 Å². The van der Waals surface area contributed by atoms with Crippen LogP contribution in [0.15, 0.2) is 42.5 Å². The number of hydrogen-bond acceptors (Lipinski definition) is 4. The first-order valence-electron chi connectivity index (χ1n) is 15.2. The maximum absolute atomic E-state index is 15.2. The van der Waals surface area contributed by atoms with E-state index in [4.69, 9.17) is 9.47 Å². The lowest BCUT2D eigenvalue weighted by atomic mass is 9.81. The zero-order chi connectivity index (χ0) is 32.0. The van der Waals surface area contributed by atoms with E-state index in [9.17, 15) is 27.5 Å². The van der Waals surface area contributed by atoms with Gasteiger partial charge in [-0.25, -0.2) is 26.3 Å². The first kappa shape index (κ1) is 31.4. The van der Waals surface area contributed by atoms with Gasteiger partial charge in [-0.2, -0.15) is 0 Å². The molecule has 2 aliphatic carbocycles. The van der Waals surface area contributed by atoms with Gasteiger partial charge in [0.15, 0.2) is 34.9 Å². The molecule has 45 heavy (non-hydrogen) atoms. The molecule has 238 valence electrons. The van der Waals surface area contributed by atoms with E-state index in [0.29, 0.717) is 50.5 Å². The number of carbonyl (C=O) groups excluding carboxylic acids is 1. The van der Waals surface area contributed by atoms with E-state index in [1.165, 1.54) is 43.3 Å². The molecule has 0 bridgehead atoms. The largest absolute Gasteiger partial charge is 0.462 e. The van der Waals surface area contributed by atoms with Crippen molar-refractivity contribution < 1.29 is 45.7 Å². The Morgan fingerprint density at radius 2 is 1.36 bits per heavy atom. The van der Waals surface area contributed by atoms with Crippen molar-refractivity contribution in [1.82, 2.24) is 0 Å². The highest BCUT2D eigenvalue weighted by Gasteiger charge is 2.33. The first-order valence-corrected chi connectivity index (χ1v) is 15.2. The van der Waals surface area contributed by atoms with E-state index in [1.807, 2.05) is 0 Å². The van der Waals surface area contributed by atoms with Gasteiger partial charge in [0.25, 0.3) is 0 Å². The molecule has 0 amide bonds. The van der Waals surface area contributed by atoms with Crippen LogP contribution in [-0.4, -0.2) is 23.8 Å². The number of epoxide rings is 1. The van der Waals surface area contributed by atoms with Crippen molar-refractivity contribution >= 4 is 11.5 Å². The predicted octanol–water partition coefficient (Wildman–Crippen LogP) is 8.77. The molecule has 3 unspecified atom stereocenters. The summed E-state index contributed by atoms with van der Waals surface area (Å²) in [5.74, 6) is -8.02.